The largest absolute Gasteiger partial charge is 0.309 e. The zero-order chi connectivity index (χ0) is 15.0. The maximum absolute atomic E-state index is 12.3. The van der Waals surface area contributed by atoms with Gasteiger partial charge in [-0.25, -0.2) is 0 Å². The Bertz CT molecular complexity index is 398. The van der Waals surface area contributed by atoms with Crippen molar-refractivity contribution in [3.05, 3.63) is 35.4 Å². The van der Waals surface area contributed by atoms with E-state index in [0.29, 0.717) is 6.54 Å². The monoisotopic (exact) mass is 276 g/mol. The van der Waals surface area contributed by atoms with Gasteiger partial charge in [0.1, 0.15) is 0 Å². The van der Waals surface area contributed by atoms with E-state index < -0.39 is 0 Å². The van der Waals surface area contributed by atoms with Crippen LogP contribution in [0.15, 0.2) is 24.3 Å². The van der Waals surface area contributed by atoms with E-state index in [9.17, 15) is 4.79 Å². The molecule has 112 valence electrons. The van der Waals surface area contributed by atoms with Crippen molar-refractivity contribution in [1.82, 2.24) is 9.80 Å². The third kappa shape index (κ3) is 5.85. The van der Waals surface area contributed by atoms with Crippen LogP contribution in [-0.4, -0.2) is 55.9 Å². The molecule has 0 aliphatic carbocycles. The number of carbonyl (C=O) groups is 1. The summed E-state index contributed by atoms with van der Waals surface area (Å²) in [6.07, 6.45) is 2.11. The minimum Gasteiger partial charge on any atom is -0.309 e. The third-order valence-corrected chi connectivity index (χ3v) is 3.58. The first kappa shape index (κ1) is 16.9. The summed E-state index contributed by atoms with van der Waals surface area (Å²) in [6, 6.07) is 8.01. The molecule has 0 aliphatic rings. The van der Waals surface area contributed by atoms with Crippen molar-refractivity contribution < 1.29 is 4.79 Å². The number of carbonyl (C=O) groups excluding carboxylic acids is 1. The minimum atomic E-state index is 0.222. The third-order valence-electron chi connectivity index (χ3n) is 3.58. The van der Waals surface area contributed by atoms with Gasteiger partial charge in [-0.15, -0.1) is 0 Å². The molecule has 0 heterocycles. The fourth-order valence-electron chi connectivity index (χ4n) is 2.18. The van der Waals surface area contributed by atoms with Gasteiger partial charge in [-0.3, -0.25) is 9.69 Å². The van der Waals surface area contributed by atoms with Crippen molar-refractivity contribution in [1.29, 1.82) is 0 Å². The molecule has 0 aromatic heterocycles. The van der Waals surface area contributed by atoms with Gasteiger partial charge in [0.05, 0.1) is 6.54 Å². The first-order chi connectivity index (χ1) is 9.56. The van der Waals surface area contributed by atoms with Gasteiger partial charge in [0.2, 0.25) is 0 Å². The van der Waals surface area contributed by atoms with E-state index in [0.717, 1.165) is 38.0 Å². The zero-order valence-corrected chi connectivity index (χ0v) is 13.4. The fraction of sp³-hybridized carbons (Fsp3) is 0.588. The van der Waals surface area contributed by atoms with Crippen LogP contribution in [0.25, 0.3) is 0 Å². The normalized spacial score (nSPS) is 11.3. The molecule has 0 radical (unpaired) electrons. The lowest BCUT2D eigenvalue weighted by Crippen LogP contribution is -2.32. The Morgan fingerprint density at radius 3 is 2.20 bits per heavy atom. The number of Topliss-reactive ketones (excluding diaryl/α,β-unsaturated/α-hetero) is 1. The summed E-state index contributed by atoms with van der Waals surface area (Å²) in [5.74, 6) is 0.222. The summed E-state index contributed by atoms with van der Waals surface area (Å²) < 4.78 is 0. The fourth-order valence-corrected chi connectivity index (χ4v) is 2.18. The molecule has 0 N–H and O–H groups in total. The van der Waals surface area contributed by atoms with Crippen molar-refractivity contribution in [3.63, 3.8) is 0 Å². The van der Waals surface area contributed by atoms with Gasteiger partial charge in [-0.2, -0.15) is 0 Å². The molecule has 3 heteroatoms. The van der Waals surface area contributed by atoms with Crippen LogP contribution in [-0.2, 0) is 6.42 Å². The molecule has 0 atom stereocenters. The van der Waals surface area contributed by atoms with Crippen molar-refractivity contribution in [2.45, 2.75) is 26.7 Å². The number of ketones is 1. The van der Waals surface area contributed by atoms with Crippen molar-refractivity contribution in [2.75, 3.05) is 40.3 Å². The van der Waals surface area contributed by atoms with E-state index >= 15 is 0 Å². The van der Waals surface area contributed by atoms with Gasteiger partial charge >= 0.3 is 0 Å². The highest BCUT2D eigenvalue weighted by Crippen LogP contribution is 2.07. The smallest absolute Gasteiger partial charge is 0.176 e. The van der Waals surface area contributed by atoms with Crippen LogP contribution in [0.5, 0.6) is 0 Å². The van der Waals surface area contributed by atoms with Crippen molar-refractivity contribution >= 4 is 5.78 Å². The lowest BCUT2D eigenvalue weighted by atomic mass is 10.1. The number of aryl methyl sites for hydroxylation is 1. The Morgan fingerprint density at radius 2 is 1.70 bits per heavy atom. The highest BCUT2D eigenvalue weighted by Gasteiger charge is 2.11. The van der Waals surface area contributed by atoms with Gasteiger partial charge < -0.3 is 4.90 Å². The first-order valence-electron chi connectivity index (χ1n) is 7.56. The average molecular weight is 276 g/mol. The number of hydrogen-bond acceptors (Lipinski definition) is 3. The number of hydrogen-bond donors (Lipinski definition) is 0. The second-order valence-electron chi connectivity index (χ2n) is 5.50. The molecular formula is C17H28N2O. The Morgan fingerprint density at radius 1 is 1.05 bits per heavy atom. The Kier molecular flexibility index (Phi) is 7.48. The first-order valence-corrected chi connectivity index (χ1v) is 7.56. The van der Waals surface area contributed by atoms with E-state index in [4.69, 9.17) is 0 Å². The second kappa shape index (κ2) is 8.88. The number of benzene rings is 1. The lowest BCUT2D eigenvalue weighted by molar-refractivity contribution is 0.0932. The zero-order valence-electron chi connectivity index (χ0n) is 13.4. The quantitative estimate of drug-likeness (QED) is 0.648. The highest BCUT2D eigenvalue weighted by atomic mass is 16.1. The molecule has 0 amide bonds. The highest BCUT2D eigenvalue weighted by molar-refractivity contribution is 5.97. The molecule has 3 nitrogen and oxygen atoms in total. The van der Waals surface area contributed by atoms with E-state index in [2.05, 4.69) is 49.9 Å². The van der Waals surface area contributed by atoms with Crippen LogP contribution < -0.4 is 0 Å². The Labute approximate surface area is 123 Å². The van der Waals surface area contributed by atoms with Crippen LogP contribution in [0.2, 0.25) is 0 Å². The maximum atomic E-state index is 12.3. The van der Waals surface area contributed by atoms with E-state index in [1.54, 1.807) is 0 Å². The van der Waals surface area contributed by atoms with Crippen LogP contribution in [0, 0.1) is 0 Å². The van der Waals surface area contributed by atoms with Gasteiger partial charge in [-0.05, 0) is 52.1 Å². The summed E-state index contributed by atoms with van der Waals surface area (Å²) >= 11 is 0. The molecule has 0 unspecified atom stereocenters. The van der Waals surface area contributed by atoms with E-state index in [-0.39, 0.29) is 5.78 Å². The SMILES string of the molecule is CCc1ccc(C(=O)CN(CC)CCCN(C)C)cc1. The number of rotatable bonds is 9. The molecular weight excluding hydrogens is 248 g/mol. The predicted molar refractivity (Wildman–Crippen MR) is 85.4 cm³/mol. The molecule has 0 aliphatic heterocycles. The molecule has 0 bridgehead atoms. The van der Waals surface area contributed by atoms with Gasteiger partial charge in [-0.1, -0.05) is 38.1 Å². The standard InChI is InChI=1S/C17H28N2O/c1-5-15-8-10-16(11-9-15)17(20)14-19(6-2)13-7-12-18(3)4/h8-11H,5-7,12-14H2,1-4H3. The molecule has 0 fully saturated rings. The molecule has 1 aromatic rings. The van der Waals surface area contributed by atoms with E-state index in [1.807, 2.05) is 12.1 Å². The summed E-state index contributed by atoms with van der Waals surface area (Å²) in [6.45, 7) is 7.73. The summed E-state index contributed by atoms with van der Waals surface area (Å²) in [5, 5.41) is 0. The van der Waals surface area contributed by atoms with Crippen molar-refractivity contribution in [2.24, 2.45) is 0 Å². The van der Waals surface area contributed by atoms with E-state index in [1.165, 1.54) is 5.56 Å². The Balaban J connectivity index is 2.48. The lowest BCUT2D eigenvalue weighted by Gasteiger charge is -2.20. The summed E-state index contributed by atoms with van der Waals surface area (Å²) in [5.41, 5.74) is 2.10. The van der Waals surface area contributed by atoms with Gasteiger partial charge in [0, 0.05) is 5.56 Å². The van der Waals surface area contributed by atoms with Gasteiger partial charge in [0.15, 0.2) is 5.78 Å². The maximum Gasteiger partial charge on any atom is 0.176 e. The molecule has 20 heavy (non-hydrogen) atoms. The van der Waals surface area contributed by atoms with Crippen LogP contribution in [0.3, 0.4) is 0 Å². The van der Waals surface area contributed by atoms with Gasteiger partial charge in [0.25, 0.3) is 0 Å². The predicted octanol–water partition coefficient (Wildman–Crippen LogP) is 2.71. The number of nitrogens with zero attached hydrogens (tertiary/aromatic N) is 2. The molecule has 1 rings (SSSR count). The second-order valence-corrected chi connectivity index (χ2v) is 5.50. The van der Waals surface area contributed by atoms with Crippen LogP contribution >= 0.6 is 0 Å². The number of likely N-dealkylation sites (N-methyl/N-ethyl adjacent to an activating group) is 1. The topological polar surface area (TPSA) is 23.6 Å². The Hall–Kier alpha value is -1.19. The van der Waals surface area contributed by atoms with Crippen LogP contribution in [0.4, 0.5) is 0 Å². The summed E-state index contributed by atoms with van der Waals surface area (Å²) in [7, 11) is 4.16. The molecule has 0 saturated heterocycles. The molecule has 1 aromatic carbocycles. The average Bonchev–Trinajstić information content (AvgIpc) is 2.45. The van der Waals surface area contributed by atoms with Crippen molar-refractivity contribution in [3.8, 4) is 0 Å². The molecule has 0 saturated carbocycles. The summed E-state index contributed by atoms with van der Waals surface area (Å²) in [4.78, 5) is 16.7. The minimum absolute atomic E-state index is 0.222. The molecule has 0 spiro atoms. The van der Waals surface area contributed by atoms with Crippen LogP contribution in [0.1, 0.15) is 36.2 Å².